The largest absolute Gasteiger partial charge is 0.494 e. The second-order valence-electron chi connectivity index (χ2n) is 6.79. The van der Waals surface area contributed by atoms with Crippen molar-refractivity contribution in [2.75, 3.05) is 0 Å². The number of halogens is 1. The van der Waals surface area contributed by atoms with Gasteiger partial charge in [-0.15, -0.1) is 5.10 Å². The van der Waals surface area contributed by atoms with Gasteiger partial charge in [-0.05, 0) is 46.8 Å². The lowest BCUT2D eigenvalue weighted by atomic mass is 10.1. The zero-order valence-corrected chi connectivity index (χ0v) is 17.1. The minimum atomic E-state index is -0.397. The van der Waals surface area contributed by atoms with Gasteiger partial charge in [-0.25, -0.2) is 14.2 Å². The predicted molar refractivity (Wildman–Crippen MR) is 120 cm³/mol. The van der Waals surface area contributed by atoms with Gasteiger partial charge < -0.3 is 5.11 Å². The zero-order valence-electron chi connectivity index (χ0n) is 16.4. The molecule has 0 radical (unpaired) electrons. The van der Waals surface area contributed by atoms with E-state index in [1.807, 2.05) is 12.1 Å². The van der Waals surface area contributed by atoms with Gasteiger partial charge in [0.1, 0.15) is 12.1 Å². The number of benzene rings is 2. The van der Waals surface area contributed by atoms with Crippen molar-refractivity contribution in [3.63, 3.8) is 0 Å². The van der Waals surface area contributed by atoms with Crippen molar-refractivity contribution in [2.24, 2.45) is 4.99 Å². The predicted octanol–water partition coefficient (Wildman–Crippen LogP) is 3.47. The van der Waals surface area contributed by atoms with Crippen LogP contribution >= 0.6 is 11.6 Å². The molecular formula is C22H14ClN7O2. The Balaban J connectivity index is 1.67. The van der Waals surface area contributed by atoms with E-state index in [4.69, 9.17) is 11.6 Å². The SMILES string of the molecule is O=c1c2ccccc2c(C=Nc2cccc(-n3cnnn3)c2)c(O)n1-c1ccc(Cl)cn1. The highest BCUT2D eigenvalue weighted by Gasteiger charge is 2.17. The van der Waals surface area contributed by atoms with Crippen LogP contribution in [-0.2, 0) is 0 Å². The fourth-order valence-electron chi connectivity index (χ4n) is 3.34. The van der Waals surface area contributed by atoms with E-state index in [1.165, 1.54) is 23.4 Å². The number of aliphatic imine (C=N–C) groups is 1. The van der Waals surface area contributed by atoms with Crippen molar-refractivity contribution >= 4 is 34.3 Å². The number of aromatic nitrogens is 6. The van der Waals surface area contributed by atoms with E-state index in [0.717, 1.165) is 10.3 Å². The number of pyridine rings is 2. The lowest BCUT2D eigenvalue weighted by Crippen LogP contribution is -2.21. The lowest BCUT2D eigenvalue weighted by Gasteiger charge is -2.13. The van der Waals surface area contributed by atoms with Crippen molar-refractivity contribution in [3.05, 3.63) is 94.1 Å². The van der Waals surface area contributed by atoms with Gasteiger partial charge in [0.05, 0.1) is 22.0 Å². The summed E-state index contributed by atoms with van der Waals surface area (Å²) in [7, 11) is 0. The van der Waals surface area contributed by atoms with Gasteiger partial charge in [-0.1, -0.05) is 35.9 Å². The number of hydrogen-bond acceptors (Lipinski definition) is 7. The molecule has 1 N–H and O–H groups in total. The second kappa shape index (κ2) is 8.05. The van der Waals surface area contributed by atoms with Crippen LogP contribution in [0, 0.1) is 0 Å². The Kier molecular flexibility index (Phi) is 4.92. The van der Waals surface area contributed by atoms with E-state index in [9.17, 15) is 9.90 Å². The van der Waals surface area contributed by atoms with Gasteiger partial charge >= 0.3 is 0 Å². The maximum Gasteiger partial charge on any atom is 0.267 e. The van der Waals surface area contributed by atoms with Crippen LogP contribution in [0.2, 0.25) is 5.02 Å². The van der Waals surface area contributed by atoms with Crippen molar-refractivity contribution in [1.29, 1.82) is 0 Å². The minimum Gasteiger partial charge on any atom is -0.494 e. The number of hydrogen-bond donors (Lipinski definition) is 1. The summed E-state index contributed by atoms with van der Waals surface area (Å²) in [5.41, 5.74) is 1.33. The van der Waals surface area contributed by atoms with Crippen molar-refractivity contribution in [2.45, 2.75) is 0 Å². The molecule has 3 aromatic heterocycles. The summed E-state index contributed by atoms with van der Waals surface area (Å²) in [6.07, 6.45) is 4.41. The van der Waals surface area contributed by atoms with E-state index >= 15 is 0 Å². The van der Waals surface area contributed by atoms with E-state index < -0.39 is 5.56 Å². The Morgan fingerprint density at radius 3 is 2.62 bits per heavy atom. The minimum absolute atomic E-state index is 0.248. The Labute approximate surface area is 185 Å². The summed E-state index contributed by atoms with van der Waals surface area (Å²) in [4.78, 5) is 21.8. The first kappa shape index (κ1) is 19.6. The number of rotatable bonds is 4. The third-order valence-corrected chi connectivity index (χ3v) is 5.05. The second-order valence-corrected chi connectivity index (χ2v) is 7.23. The summed E-state index contributed by atoms with van der Waals surface area (Å²) >= 11 is 5.92. The fraction of sp³-hybridized carbons (Fsp3) is 0. The van der Waals surface area contributed by atoms with Gasteiger partial charge in [0, 0.05) is 23.2 Å². The summed E-state index contributed by atoms with van der Waals surface area (Å²) in [5.74, 6) is -0.0260. The van der Waals surface area contributed by atoms with E-state index in [1.54, 1.807) is 48.5 Å². The topological polar surface area (TPSA) is 111 Å². The monoisotopic (exact) mass is 443 g/mol. The summed E-state index contributed by atoms with van der Waals surface area (Å²) in [6.45, 7) is 0. The molecule has 5 aromatic rings. The third kappa shape index (κ3) is 3.50. The maximum absolute atomic E-state index is 13.1. The number of fused-ring (bicyclic) bond motifs is 1. The summed E-state index contributed by atoms with van der Waals surface area (Å²) in [5, 5.41) is 23.6. The average Bonchev–Trinajstić information content (AvgIpc) is 3.36. The van der Waals surface area contributed by atoms with E-state index in [2.05, 4.69) is 25.5 Å². The van der Waals surface area contributed by atoms with Crippen LogP contribution in [-0.4, -0.2) is 41.1 Å². The van der Waals surface area contributed by atoms with Crippen LogP contribution in [0.4, 0.5) is 5.69 Å². The molecule has 0 fully saturated rings. The fourth-order valence-corrected chi connectivity index (χ4v) is 3.45. The Bertz CT molecular complexity index is 1510. The lowest BCUT2D eigenvalue weighted by molar-refractivity contribution is 0.435. The molecule has 0 aliphatic heterocycles. The molecule has 9 nitrogen and oxygen atoms in total. The van der Waals surface area contributed by atoms with Crippen LogP contribution in [0.1, 0.15) is 5.56 Å². The molecule has 0 unspecified atom stereocenters. The Hall–Kier alpha value is -4.37. The number of nitrogens with zero attached hydrogens (tertiary/aromatic N) is 7. The van der Waals surface area contributed by atoms with E-state index in [-0.39, 0.29) is 11.7 Å². The Morgan fingerprint density at radius 1 is 1.03 bits per heavy atom. The van der Waals surface area contributed by atoms with Gasteiger partial charge in [0.15, 0.2) is 0 Å². The normalized spacial score (nSPS) is 11.4. The highest BCUT2D eigenvalue weighted by molar-refractivity contribution is 6.30. The quantitative estimate of drug-likeness (QED) is 0.426. The maximum atomic E-state index is 13.1. The molecule has 0 atom stereocenters. The molecule has 156 valence electrons. The van der Waals surface area contributed by atoms with Crippen LogP contribution < -0.4 is 5.56 Å². The molecule has 0 saturated heterocycles. The molecule has 0 bridgehead atoms. The van der Waals surface area contributed by atoms with Crippen LogP contribution in [0.15, 0.2) is 83.0 Å². The Morgan fingerprint density at radius 2 is 1.88 bits per heavy atom. The third-order valence-electron chi connectivity index (χ3n) is 4.83. The molecule has 3 heterocycles. The molecule has 5 rings (SSSR count). The van der Waals surface area contributed by atoms with Gasteiger partial charge in [0.25, 0.3) is 5.56 Å². The van der Waals surface area contributed by atoms with Gasteiger partial charge in [-0.3, -0.25) is 9.79 Å². The van der Waals surface area contributed by atoms with E-state index in [0.29, 0.717) is 27.0 Å². The highest BCUT2D eigenvalue weighted by atomic mass is 35.5. The van der Waals surface area contributed by atoms with Gasteiger partial charge in [0.2, 0.25) is 5.88 Å². The first-order chi connectivity index (χ1) is 15.6. The standard InChI is InChI=1S/C22H14ClN7O2/c23-14-8-9-20(25-11-14)30-21(31)18-7-2-1-6-17(18)19(22(30)32)12-24-15-4-3-5-16(10-15)29-13-26-27-28-29/h1-13,32H. The molecule has 0 amide bonds. The van der Waals surface area contributed by atoms with Crippen molar-refractivity contribution in [3.8, 4) is 17.4 Å². The van der Waals surface area contributed by atoms with Crippen molar-refractivity contribution < 1.29 is 5.11 Å². The summed E-state index contributed by atoms with van der Waals surface area (Å²) < 4.78 is 2.65. The molecule has 2 aromatic carbocycles. The first-order valence-electron chi connectivity index (χ1n) is 9.48. The molecular weight excluding hydrogens is 430 g/mol. The van der Waals surface area contributed by atoms with Crippen LogP contribution in [0.5, 0.6) is 5.88 Å². The number of tetrazole rings is 1. The first-order valence-corrected chi connectivity index (χ1v) is 9.86. The molecule has 0 aliphatic carbocycles. The molecule has 32 heavy (non-hydrogen) atoms. The molecule has 0 saturated carbocycles. The zero-order chi connectivity index (χ0) is 22.1. The van der Waals surface area contributed by atoms with Crippen molar-refractivity contribution in [1.82, 2.24) is 29.8 Å². The smallest absolute Gasteiger partial charge is 0.267 e. The highest BCUT2D eigenvalue weighted by Crippen LogP contribution is 2.26. The van der Waals surface area contributed by atoms with Crippen LogP contribution in [0.3, 0.4) is 0 Å². The average molecular weight is 444 g/mol. The summed E-state index contributed by atoms with van der Waals surface area (Å²) in [6, 6.07) is 17.4. The van der Waals surface area contributed by atoms with Gasteiger partial charge in [-0.2, -0.15) is 0 Å². The van der Waals surface area contributed by atoms with Crippen LogP contribution in [0.25, 0.3) is 22.3 Å². The number of aromatic hydroxyl groups is 1. The molecule has 0 spiro atoms. The molecule has 0 aliphatic rings. The molecule has 10 heteroatoms.